The maximum Gasteiger partial charge on any atom is 0.345 e. The standard InChI is InChI=1S/C34H23Cl2N3O4/c1-42-29-17-20(11-16-28(29)43-34(41)25-15-13-23(35)18-27(25)36)19-37-39-33(40)32-30(22-8-3-2-4-9-22)26-14-12-21-7-5-6-10-24(21)31(26)38-32/h2-19,38H,1H3,(H,39,40). The van der Waals surface area contributed by atoms with Crippen LogP contribution in [-0.4, -0.2) is 30.2 Å². The Morgan fingerprint density at radius 1 is 0.837 bits per heavy atom. The molecule has 5 aromatic carbocycles. The fourth-order valence-corrected chi connectivity index (χ4v) is 5.38. The zero-order chi connectivity index (χ0) is 29.9. The maximum absolute atomic E-state index is 13.5. The van der Waals surface area contributed by atoms with Crippen molar-refractivity contribution in [3.05, 3.63) is 130 Å². The topological polar surface area (TPSA) is 92.8 Å². The van der Waals surface area contributed by atoms with Crippen molar-refractivity contribution in [2.24, 2.45) is 5.10 Å². The van der Waals surface area contributed by atoms with E-state index >= 15 is 0 Å². The zero-order valence-electron chi connectivity index (χ0n) is 22.7. The van der Waals surface area contributed by atoms with Crippen molar-refractivity contribution in [1.29, 1.82) is 0 Å². The van der Waals surface area contributed by atoms with Gasteiger partial charge in [-0.15, -0.1) is 0 Å². The molecule has 0 spiro atoms. The molecule has 0 aliphatic heterocycles. The van der Waals surface area contributed by atoms with Crippen LogP contribution in [0, 0.1) is 0 Å². The highest BCUT2D eigenvalue weighted by Gasteiger charge is 2.20. The number of nitrogens with zero attached hydrogens (tertiary/aromatic N) is 1. The Kier molecular flexibility index (Phi) is 7.83. The fourth-order valence-electron chi connectivity index (χ4n) is 4.89. The van der Waals surface area contributed by atoms with E-state index in [2.05, 4.69) is 21.6 Å². The van der Waals surface area contributed by atoms with Crippen LogP contribution in [0.4, 0.5) is 0 Å². The van der Waals surface area contributed by atoms with Gasteiger partial charge >= 0.3 is 5.97 Å². The van der Waals surface area contributed by atoms with Crippen molar-refractivity contribution in [3.8, 4) is 22.6 Å². The number of methoxy groups -OCH3 is 1. The van der Waals surface area contributed by atoms with Gasteiger partial charge in [0, 0.05) is 21.4 Å². The molecule has 0 atom stereocenters. The lowest BCUT2D eigenvalue weighted by Crippen LogP contribution is -2.18. The molecule has 6 aromatic rings. The Bertz CT molecular complexity index is 2040. The number of amides is 1. The summed E-state index contributed by atoms with van der Waals surface area (Å²) in [6.45, 7) is 0. The molecule has 2 N–H and O–H groups in total. The molecule has 1 aromatic heterocycles. The van der Waals surface area contributed by atoms with Crippen LogP contribution >= 0.6 is 23.2 Å². The first-order valence-corrected chi connectivity index (χ1v) is 14.0. The average molecular weight is 608 g/mol. The van der Waals surface area contributed by atoms with Crippen molar-refractivity contribution < 1.29 is 19.1 Å². The van der Waals surface area contributed by atoms with E-state index < -0.39 is 11.9 Å². The number of hydrogen-bond acceptors (Lipinski definition) is 5. The second-order valence-corrected chi connectivity index (χ2v) is 10.4. The van der Waals surface area contributed by atoms with Gasteiger partial charge in [0.25, 0.3) is 5.91 Å². The van der Waals surface area contributed by atoms with Gasteiger partial charge in [-0.2, -0.15) is 5.10 Å². The smallest absolute Gasteiger partial charge is 0.345 e. The second-order valence-electron chi connectivity index (χ2n) is 9.57. The molecular formula is C34H23Cl2N3O4. The number of H-pyrrole nitrogens is 1. The summed E-state index contributed by atoms with van der Waals surface area (Å²) in [5.41, 5.74) is 6.38. The van der Waals surface area contributed by atoms with Gasteiger partial charge in [0.05, 0.1) is 29.4 Å². The first-order chi connectivity index (χ1) is 20.9. The van der Waals surface area contributed by atoms with Crippen LogP contribution in [0.3, 0.4) is 0 Å². The highest BCUT2D eigenvalue weighted by atomic mass is 35.5. The van der Waals surface area contributed by atoms with Crippen molar-refractivity contribution in [3.63, 3.8) is 0 Å². The summed E-state index contributed by atoms with van der Waals surface area (Å²) < 4.78 is 10.9. The minimum Gasteiger partial charge on any atom is -0.493 e. The number of aromatic nitrogens is 1. The molecule has 7 nitrogen and oxygen atoms in total. The number of halogens is 2. The molecule has 0 fully saturated rings. The summed E-state index contributed by atoms with van der Waals surface area (Å²) in [6, 6.07) is 31.2. The van der Waals surface area contributed by atoms with Crippen LogP contribution < -0.4 is 14.9 Å². The molecule has 1 amide bonds. The Morgan fingerprint density at radius 3 is 2.42 bits per heavy atom. The van der Waals surface area contributed by atoms with Gasteiger partial charge in [-0.05, 0) is 52.9 Å². The number of carbonyl (C=O) groups excluding carboxylic acids is 2. The predicted molar refractivity (Wildman–Crippen MR) is 171 cm³/mol. The van der Waals surface area contributed by atoms with Crippen LogP contribution in [-0.2, 0) is 0 Å². The van der Waals surface area contributed by atoms with Crippen molar-refractivity contribution in [2.45, 2.75) is 0 Å². The molecule has 0 radical (unpaired) electrons. The van der Waals surface area contributed by atoms with E-state index in [4.69, 9.17) is 32.7 Å². The lowest BCUT2D eigenvalue weighted by atomic mass is 9.99. The molecule has 0 unspecified atom stereocenters. The number of esters is 1. The number of fused-ring (bicyclic) bond motifs is 3. The number of nitrogens with one attached hydrogen (secondary N) is 2. The predicted octanol–water partition coefficient (Wildman–Crippen LogP) is 8.29. The largest absolute Gasteiger partial charge is 0.493 e. The van der Waals surface area contributed by atoms with Crippen molar-refractivity contribution >= 4 is 63.0 Å². The molecule has 0 saturated heterocycles. The SMILES string of the molecule is COc1cc(C=NNC(=O)c2[nH]c3c(ccc4ccccc43)c2-c2ccccc2)ccc1OC(=O)c1ccc(Cl)cc1Cl. The molecule has 0 bridgehead atoms. The summed E-state index contributed by atoms with van der Waals surface area (Å²) in [7, 11) is 1.45. The summed E-state index contributed by atoms with van der Waals surface area (Å²) in [5, 5.41) is 7.79. The Balaban J connectivity index is 1.25. The molecule has 0 aliphatic rings. The molecular weight excluding hydrogens is 585 g/mol. The van der Waals surface area contributed by atoms with Gasteiger partial charge in [-0.3, -0.25) is 4.79 Å². The number of hydrazone groups is 1. The summed E-state index contributed by atoms with van der Waals surface area (Å²) >= 11 is 12.1. The highest BCUT2D eigenvalue weighted by Crippen LogP contribution is 2.36. The first-order valence-electron chi connectivity index (χ1n) is 13.2. The Hall–Kier alpha value is -5.11. The third-order valence-electron chi connectivity index (χ3n) is 6.91. The minimum atomic E-state index is -0.658. The van der Waals surface area contributed by atoms with Crippen molar-refractivity contribution in [2.75, 3.05) is 7.11 Å². The number of aromatic amines is 1. The third-order valence-corrected chi connectivity index (χ3v) is 7.46. The van der Waals surface area contributed by atoms with Gasteiger partial charge in [-0.1, -0.05) is 89.9 Å². The van der Waals surface area contributed by atoms with Gasteiger partial charge in [0.2, 0.25) is 0 Å². The number of hydrogen-bond donors (Lipinski definition) is 2. The van der Waals surface area contributed by atoms with E-state index in [1.807, 2.05) is 60.7 Å². The van der Waals surface area contributed by atoms with Crippen LogP contribution in [0.5, 0.6) is 11.5 Å². The molecule has 0 saturated carbocycles. The van der Waals surface area contributed by atoms with E-state index in [-0.39, 0.29) is 16.3 Å². The highest BCUT2D eigenvalue weighted by molar-refractivity contribution is 6.36. The lowest BCUT2D eigenvalue weighted by molar-refractivity contribution is 0.0729. The second kappa shape index (κ2) is 12.0. The van der Waals surface area contributed by atoms with E-state index in [0.29, 0.717) is 22.0 Å². The molecule has 0 aliphatic carbocycles. The first kappa shape index (κ1) is 28.0. The number of ether oxygens (including phenoxy) is 2. The summed E-state index contributed by atoms with van der Waals surface area (Å²) in [5.74, 6) is -0.568. The van der Waals surface area contributed by atoms with Crippen molar-refractivity contribution in [1.82, 2.24) is 10.4 Å². The minimum absolute atomic E-state index is 0.168. The lowest BCUT2D eigenvalue weighted by Gasteiger charge is -2.10. The number of rotatable bonds is 7. The third kappa shape index (κ3) is 5.68. The normalized spacial score (nSPS) is 11.2. The number of benzene rings is 5. The summed E-state index contributed by atoms with van der Waals surface area (Å²) in [4.78, 5) is 29.5. The summed E-state index contributed by atoms with van der Waals surface area (Å²) in [6.07, 6.45) is 1.47. The van der Waals surface area contributed by atoms with E-state index in [0.717, 1.165) is 32.8 Å². The molecule has 43 heavy (non-hydrogen) atoms. The average Bonchev–Trinajstić information content (AvgIpc) is 3.42. The van der Waals surface area contributed by atoms with Gasteiger partial charge in [-0.25, -0.2) is 10.2 Å². The van der Waals surface area contributed by atoms with Crippen LogP contribution in [0.25, 0.3) is 32.8 Å². The van der Waals surface area contributed by atoms with E-state index in [1.54, 1.807) is 24.3 Å². The van der Waals surface area contributed by atoms with Gasteiger partial charge in [0.1, 0.15) is 5.69 Å². The zero-order valence-corrected chi connectivity index (χ0v) is 24.2. The van der Waals surface area contributed by atoms with Gasteiger partial charge in [0.15, 0.2) is 11.5 Å². The number of carbonyl (C=O) groups is 2. The molecule has 212 valence electrons. The molecule has 1 heterocycles. The molecule has 9 heteroatoms. The van der Waals surface area contributed by atoms with Crippen LogP contribution in [0.1, 0.15) is 26.4 Å². The fraction of sp³-hybridized carbons (Fsp3) is 0.0294. The quantitative estimate of drug-likeness (QED) is 0.0826. The monoisotopic (exact) mass is 607 g/mol. The Morgan fingerprint density at radius 2 is 1.63 bits per heavy atom. The van der Waals surface area contributed by atoms with Crippen LogP contribution in [0.15, 0.2) is 108 Å². The van der Waals surface area contributed by atoms with Crippen LogP contribution in [0.2, 0.25) is 10.0 Å². The van der Waals surface area contributed by atoms with E-state index in [1.165, 1.54) is 25.5 Å². The van der Waals surface area contributed by atoms with Gasteiger partial charge < -0.3 is 14.5 Å². The van der Waals surface area contributed by atoms with E-state index in [9.17, 15) is 9.59 Å². The maximum atomic E-state index is 13.5. The Labute approximate surface area is 256 Å². The molecule has 6 rings (SSSR count).